The predicted molar refractivity (Wildman–Crippen MR) is 128 cm³/mol. The van der Waals surface area contributed by atoms with Crippen LogP contribution in [-0.4, -0.2) is 41.9 Å². The number of aromatic hydroxyl groups is 2. The van der Waals surface area contributed by atoms with Crippen molar-refractivity contribution in [1.82, 2.24) is 4.90 Å². The molecule has 4 rings (SSSR count). The average molecular weight is 460 g/mol. The van der Waals surface area contributed by atoms with Crippen molar-refractivity contribution in [2.45, 2.75) is 38.5 Å². The first-order valence-corrected chi connectivity index (χ1v) is 11.0. The van der Waals surface area contributed by atoms with Crippen LogP contribution in [0.3, 0.4) is 0 Å². The number of hydrogen-bond donors (Lipinski definition) is 2. The highest BCUT2D eigenvalue weighted by Crippen LogP contribution is 2.38. The predicted octanol–water partition coefficient (Wildman–Crippen LogP) is 5.11. The molecule has 2 heterocycles. The van der Waals surface area contributed by atoms with Gasteiger partial charge in [0.2, 0.25) is 16.9 Å². The number of phenolic OH excluding ortho intramolecular Hbond substituents is 1. The van der Waals surface area contributed by atoms with Gasteiger partial charge in [-0.3, -0.25) is 4.79 Å². The van der Waals surface area contributed by atoms with E-state index in [4.69, 9.17) is 9.15 Å². The zero-order valence-corrected chi connectivity index (χ0v) is 19.1. The van der Waals surface area contributed by atoms with Gasteiger partial charge >= 0.3 is 0 Å². The molecule has 0 radical (unpaired) electrons. The summed E-state index contributed by atoms with van der Waals surface area (Å²) in [6.07, 6.45) is 7.32. The third-order valence-corrected chi connectivity index (χ3v) is 6.03. The van der Waals surface area contributed by atoms with Gasteiger partial charge in [0.15, 0.2) is 17.1 Å². The largest absolute Gasteiger partial charge is 0.504 e. The first kappa shape index (κ1) is 24.0. The quantitative estimate of drug-likeness (QED) is 0.478. The van der Waals surface area contributed by atoms with Gasteiger partial charge in [-0.2, -0.15) is 0 Å². The summed E-state index contributed by atoms with van der Waals surface area (Å²) in [5.41, 5.74) is 1.36. The summed E-state index contributed by atoms with van der Waals surface area (Å²) in [5.74, 6) is -0.441. The van der Waals surface area contributed by atoms with Crippen molar-refractivity contribution >= 4 is 23.4 Å². The molecule has 0 aliphatic carbocycles. The average Bonchev–Trinajstić information content (AvgIpc) is 2.80. The molecular formula is C25H30ClNO5. The number of rotatable bonds is 7. The standard InChI is InChI=1S/C25H29NO5.ClH/c1-30-25-20(27)13-12-19-21(28)22(29)23(31-24(19)25)18-10-8-17(9-11-18)7-3-6-16-26-14-4-2-5-15-26;/h8-13,27,29H,2-7,14-16H2,1H3;1H. The highest BCUT2D eigenvalue weighted by molar-refractivity contribution is 5.88. The van der Waals surface area contributed by atoms with Crippen LogP contribution in [0, 0.1) is 0 Å². The van der Waals surface area contributed by atoms with Crippen molar-refractivity contribution in [2.75, 3.05) is 26.7 Å². The Hall–Kier alpha value is -2.70. The number of phenols is 1. The molecule has 2 aromatic carbocycles. The Bertz CT molecular complexity index is 1100. The van der Waals surface area contributed by atoms with E-state index in [0.717, 1.165) is 12.8 Å². The summed E-state index contributed by atoms with van der Waals surface area (Å²) in [4.78, 5) is 15.2. The zero-order chi connectivity index (χ0) is 21.8. The Labute approximate surface area is 193 Å². The van der Waals surface area contributed by atoms with Crippen LogP contribution >= 0.6 is 12.4 Å². The van der Waals surface area contributed by atoms with Crippen molar-refractivity contribution in [2.24, 2.45) is 0 Å². The lowest BCUT2D eigenvalue weighted by Gasteiger charge is -2.26. The summed E-state index contributed by atoms with van der Waals surface area (Å²) in [6.45, 7) is 3.64. The smallest absolute Gasteiger partial charge is 0.235 e. The van der Waals surface area contributed by atoms with Crippen molar-refractivity contribution in [1.29, 1.82) is 0 Å². The fraction of sp³-hybridized carbons (Fsp3) is 0.400. The second kappa shape index (κ2) is 10.7. The molecule has 2 N–H and O–H groups in total. The van der Waals surface area contributed by atoms with Crippen molar-refractivity contribution in [3.8, 4) is 28.6 Å². The molecule has 0 unspecified atom stereocenters. The fourth-order valence-corrected chi connectivity index (χ4v) is 4.28. The van der Waals surface area contributed by atoms with Crippen molar-refractivity contribution < 1.29 is 19.4 Å². The van der Waals surface area contributed by atoms with E-state index in [1.165, 1.54) is 70.1 Å². The van der Waals surface area contributed by atoms with Crippen LogP contribution < -0.4 is 10.2 Å². The lowest BCUT2D eigenvalue weighted by atomic mass is 10.0. The van der Waals surface area contributed by atoms with Crippen LogP contribution in [0.25, 0.3) is 22.3 Å². The second-order valence-corrected chi connectivity index (χ2v) is 8.16. The number of methoxy groups -OCH3 is 1. The van der Waals surface area contributed by atoms with Gasteiger partial charge in [-0.1, -0.05) is 30.7 Å². The number of ether oxygens (including phenoxy) is 1. The lowest BCUT2D eigenvalue weighted by molar-refractivity contribution is 0.225. The fourth-order valence-electron chi connectivity index (χ4n) is 4.28. The Morgan fingerprint density at radius 3 is 2.41 bits per heavy atom. The number of piperidine rings is 1. The molecule has 0 atom stereocenters. The van der Waals surface area contributed by atoms with Crippen LogP contribution in [0.5, 0.6) is 17.2 Å². The monoisotopic (exact) mass is 459 g/mol. The van der Waals surface area contributed by atoms with Gasteiger partial charge in [-0.15, -0.1) is 12.4 Å². The van der Waals surface area contributed by atoms with Crippen molar-refractivity contribution in [3.63, 3.8) is 0 Å². The van der Waals surface area contributed by atoms with E-state index in [1.54, 1.807) is 0 Å². The molecule has 7 heteroatoms. The Balaban J connectivity index is 0.00000289. The SMILES string of the molecule is COc1c(O)ccc2c(=O)c(O)c(-c3ccc(CCCCN4CCCCC4)cc3)oc12.Cl. The van der Waals surface area contributed by atoms with Gasteiger partial charge in [0.25, 0.3) is 0 Å². The van der Waals surface area contributed by atoms with E-state index in [-0.39, 0.29) is 40.6 Å². The number of nitrogens with zero attached hydrogens (tertiary/aromatic N) is 1. The minimum atomic E-state index is -0.559. The maximum absolute atomic E-state index is 12.6. The Morgan fingerprint density at radius 1 is 1.00 bits per heavy atom. The summed E-state index contributed by atoms with van der Waals surface area (Å²) in [7, 11) is 1.39. The van der Waals surface area contributed by atoms with Gasteiger partial charge in [0, 0.05) is 5.56 Å². The number of likely N-dealkylation sites (tertiary alicyclic amines) is 1. The molecule has 6 nitrogen and oxygen atoms in total. The van der Waals surface area contributed by atoms with Crippen LogP contribution in [0.15, 0.2) is 45.6 Å². The Kier molecular flexibility index (Phi) is 8.04. The topological polar surface area (TPSA) is 83.1 Å². The number of fused-ring (bicyclic) bond motifs is 1. The van der Waals surface area contributed by atoms with E-state index < -0.39 is 11.2 Å². The molecule has 1 fully saturated rings. The summed E-state index contributed by atoms with van der Waals surface area (Å²) >= 11 is 0. The zero-order valence-electron chi connectivity index (χ0n) is 18.3. The molecule has 1 aliphatic heterocycles. The highest BCUT2D eigenvalue weighted by Gasteiger charge is 2.19. The molecule has 1 aromatic heterocycles. The van der Waals surface area contributed by atoms with Gasteiger partial charge in [-0.05, 0) is 69.4 Å². The maximum atomic E-state index is 12.6. The van der Waals surface area contributed by atoms with Gasteiger partial charge in [0.05, 0.1) is 12.5 Å². The molecule has 0 amide bonds. The molecule has 0 saturated carbocycles. The number of halogens is 1. The first-order chi connectivity index (χ1) is 15.1. The van der Waals surface area contributed by atoms with Crippen molar-refractivity contribution in [3.05, 3.63) is 52.2 Å². The molecule has 32 heavy (non-hydrogen) atoms. The summed E-state index contributed by atoms with van der Waals surface area (Å²) < 4.78 is 11.0. The van der Waals surface area contributed by atoms with Gasteiger partial charge in [-0.25, -0.2) is 0 Å². The third-order valence-electron chi connectivity index (χ3n) is 6.03. The lowest BCUT2D eigenvalue weighted by Crippen LogP contribution is -2.30. The van der Waals surface area contributed by atoms with E-state index in [0.29, 0.717) is 5.56 Å². The third kappa shape index (κ3) is 5.03. The van der Waals surface area contributed by atoms with E-state index in [9.17, 15) is 15.0 Å². The Morgan fingerprint density at radius 2 is 1.72 bits per heavy atom. The van der Waals surface area contributed by atoms with Gasteiger partial charge < -0.3 is 24.3 Å². The number of hydrogen-bond acceptors (Lipinski definition) is 6. The molecular weight excluding hydrogens is 430 g/mol. The van der Waals surface area contributed by atoms with E-state index in [1.807, 2.05) is 24.3 Å². The molecule has 0 spiro atoms. The molecule has 172 valence electrons. The first-order valence-electron chi connectivity index (χ1n) is 11.0. The number of benzene rings is 2. The minimum Gasteiger partial charge on any atom is -0.504 e. The molecule has 0 bridgehead atoms. The number of aryl methyl sites for hydroxylation is 1. The summed E-state index contributed by atoms with van der Waals surface area (Å²) in [5, 5.41) is 20.6. The van der Waals surface area contributed by atoms with Crippen LogP contribution in [0.1, 0.15) is 37.7 Å². The van der Waals surface area contributed by atoms with Crippen LogP contribution in [0.4, 0.5) is 0 Å². The molecule has 1 saturated heterocycles. The summed E-state index contributed by atoms with van der Waals surface area (Å²) in [6, 6.07) is 10.4. The van der Waals surface area contributed by atoms with Crippen LogP contribution in [-0.2, 0) is 6.42 Å². The van der Waals surface area contributed by atoms with E-state index in [2.05, 4.69) is 4.90 Å². The molecule has 3 aromatic rings. The highest BCUT2D eigenvalue weighted by atomic mass is 35.5. The second-order valence-electron chi connectivity index (χ2n) is 8.16. The molecule has 1 aliphatic rings. The maximum Gasteiger partial charge on any atom is 0.235 e. The van der Waals surface area contributed by atoms with Gasteiger partial charge in [0.1, 0.15) is 0 Å². The number of unbranched alkanes of at least 4 members (excludes halogenated alkanes) is 1. The van der Waals surface area contributed by atoms with Crippen LogP contribution in [0.2, 0.25) is 0 Å². The minimum absolute atomic E-state index is 0. The normalized spacial score (nSPS) is 14.3. The van der Waals surface area contributed by atoms with E-state index >= 15 is 0 Å².